The molecule has 1 aromatic rings. The zero-order valence-electron chi connectivity index (χ0n) is 11.3. The minimum absolute atomic E-state index is 0.101. The van der Waals surface area contributed by atoms with Crippen molar-refractivity contribution >= 4 is 11.6 Å². The summed E-state index contributed by atoms with van der Waals surface area (Å²) in [6, 6.07) is 3.89. The highest BCUT2D eigenvalue weighted by Gasteiger charge is 2.18. The Kier molecular flexibility index (Phi) is 4.91. The second kappa shape index (κ2) is 6.46. The van der Waals surface area contributed by atoms with E-state index in [0.717, 1.165) is 12.0 Å². The van der Waals surface area contributed by atoms with Gasteiger partial charge in [-0.2, -0.15) is 0 Å². The summed E-state index contributed by atoms with van der Waals surface area (Å²) in [5, 5.41) is 13.2. The average Bonchev–Trinajstić information content (AvgIpc) is 2.82. The summed E-state index contributed by atoms with van der Waals surface area (Å²) < 4.78 is 10.6. The lowest BCUT2D eigenvalue weighted by Crippen LogP contribution is -2.33. The van der Waals surface area contributed by atoms with E-state index >= 15 is 0 Å². The molecular weight excluding hydrogens is 266 g/mol. The molecule has 0 amide bonds. The van der Waals surface area contributed by atoms with E-state index in [0.29, 0.717) is 29.0 Å². The Balaban J connectivity index is 1.98. The monoisotopic (exact) mass is 285 g/mol. The summed E-state index contributed by atoms with van der Waals surface area (Å²) >= 11 is 6.13. The van der Waals surface area contributed by atoms with E-state index in [1.165, 1.54) is 0 Å². The number of aliphatic hydroxyl groups excluding tert-OH is 1. The maximum absolute atomic E-state index is 9.33. The predicted octanol–water partition coefficient (Wildman–Crippen LogP) is 2.57. The Morgan fingerprint density at radius 1 is 1.37 bits per heavy atom. The van der Waals surface area contributed by atoms with Crippen molar-refractivity contribution in [3.8, 4) is 11.5 Å². The van der Waals surface area contributed by atoms with E-state index in [-0.39, 0.29) is 19.4 Å². The van der Waals surface area contributed by atoms with Gasteiger partial charge in [-0.05, 0) is 30.0 Å². The van der Waals surface area contributed by atoms with E-state index in [1.54, 1.807) is 0 Å². The highest BCUT2D eigenvalue weighted by Crippen LogP contribution is 2.39. The van der Waals surface area contributed by atoms with Gasteiger partial charge in [0, 0.05) is 12.6 Å². The first-order valence-electron chi connectivity index (χ1n) is 6.52. The molecule has 5 heteroatoms. The Labute approximate surface area is 118 Å². The number of aliphatic hydroxyl groups is 1. The van der Waals surface area contributed by atoms with Gasteiger partial charge in [0.15, 0.2) is 11.5 Å². The van der Waals surface area contributed by atoms with Crippen LogP contribution in [0.3, 0.4) is 0 Å². The first-order valence-corrected chi connectivity index (χ1v) is 6.90. The molecule has 19 heavy (non-hydrogen) atoms. The van der Waals surface area contributed by atoms with Crippen LogP contribution in [0.15, 0.2) is 12.1 Å². The molecule has 4 nitrogen and oxygen atoms in total. The summed E-state index contributed by atoms with van der Waals surface area (Å²) in [5.41, 5.74) is 1.02. The van der Waals surface area contributed by atoms with Gasteiger partial charge < -0.3 is 19.9 Å². The third-order valence-corrected chi connectivity index (χ3v) is 3.34. The molecule has 0 aliphatic carbocycles. The van der Waals surface area contributed by atoms with E-state index in [2.05, 4.69) is 19.2 Å². The Hall–Kier alpha value is -0.970. The van der Waals surface area contributed by atoms with Crippen molar-refractivity contribution in [3.63, 3.8) is 0 Å². The van der Waals surface area contributed by atoms with Crippen LogP contribution in [0, 0.1) is 5.92 Å². The predicted molar refractivity (Wildman–Crippen MR) is 74.7 cm³/mol. The van der Waals surface area contributed by atoms with Crippen molar-refractivity contribution in [1.29, 1.82) is 0 Å². The van der Waals surface area contributed by atoms with Crippen molar-refractivity contribution in [2.45, 2.75) is 32.9 Å². The lowest BCUT2D eigenvalue weighted by molar-refractivity contribution is 0.174. The maximum Gasteiger partial charge on any atom is 0.231 e. The molecule has 0 aromatic heterocycles. The van der Waals surface area contributed by atoms with Gasteiger partial charge in [0.2, 0.25) is 6.79 Å². The molecule has 1 atom stereocenters. The van der Waals surface area contributed by atoms with Crippen molar-refractivity contribution in [2.75, 3.05) is 13.4 Å². The second-order valence-corrected chi connectivity index (χ2v) is 5.61. The number of nitrogens with one attached hydrogen (secondary N) is 1. The summed E-state index contributed by atoms with van der Waals surface area (Å²) in [7, 11) is 0. The second-order valence-electron chi connectivity index (χ2n) is 5.20. The maximum atomic E-state index is 9.33. The number of hydrogen-bond donors (Lipinski definition) is 2. The van der Waals surface area contributed by atoms with E-state index < -0.39 is 0 Å². The van der Waals surface area contributed by atoms with Crippen LogP contribution in [0.4, 0.5) is 0 Å². The minimum Gasteiger partial charge on any atom is -0.454 e. The Bertz CT molecular complexity index is 437. The van der Waals surface area contributed by atoms with Crippen molar-refractivity contribution < 1.29 is 14.6 Å². The Morgan fingerprint density at radius 2 is 2.16 bits per heavy atom. The van der Waals surface area contributed by atoms with Crippen molar-refractivity contribution in [2.24, 2.45) is 5.92 Å². The molecule has 1 aromatic carbocycles. The van der Waals surface area contributed by atoms with Crippen LogP contribution in [0.1, 0.15) is 25.8 Å². The summed E-state index contributed by atoms with van der Waals surface area (Å²) in [5.74, 6) is 1.85. The highest BCUT2D eigenvalue weighted by atomic mass is 35.5. The zero-order valence-corrected chi connectivity index (χ0v) is 12.0. The molecule has 0 spiro atoms. The van der Waals surface area contributed by atoms with Gasteiger partial charge in [-0.15, -0.1) is 0 Å². The number of halogens is 1. The minimum atomic E-state index is 0.101. The molecular formula is C14H20ClNO3. The lowest BCUT2D eigenvalue weighted by atomic mass is 10.0. The van der Waals surface area contributed by atoms with Crippen LogP contribution >= 0.6 is 11.6 Å². The number of hydrogen-bond acceptors (Lipinski definition) is 4. The molecule has 106 valence electrons. The van der Waals surface area contributed by atoms with Crippen molar-refractivity contribution in [1.82, 2.24) is 5.32 Å². The number of benzene rings is 1. The summed E-state index contributed by atoms with van der Waals surface area (Å²) in [4.78, 5) is 0. The van der Waals surface area contributed by atoms with Crippen LogP contribution in [0.25, 0.3) is 0 Å². The van der Waals surface area contributed by atoms with Crippen LogP contribution in [0.2, 0.25) is 5.02 Å². The average molecular weight is 286 g/mol. The molecule has 1 unspecified atom stereocenters. The third kappa shape index (κ3) is 3.75. The first kappa shape index (κ1) is 14.4. The summed E-state index contributed by atoms with van der Waals surface area (Å²) in [6.45, 7) is 5.28. The van der Waals surface area contributed by atoms with Crippen LogP contribution in [-0.2, 0) is 6.54 Å². The number of rotatable bonds is 6. The molecule has 1 heterocycles. The molecule has 0 bridgehead atoms. The molecule has 0 saturated carbocycles. The topological polar surface area (TPSA) is 50.7 Å². The summed E-state index contributed by atoms with van der Waals surface area (Å²) in [6.07, 6.45) is 0.939. The molecule has 2 N–H and O–H groups in total. The van der Waals surface area contributed by atoms with Gasteiger partial charge >= 0.3 is 0 Å². The highest BCUT2D eigenvalue weighted by molar-refractivity contribution is 6.32. The van der Waals surface area contributed by atoms with Crippen LogP contribution in [0.5, 0.6) is 11.5 Å². The fourth-order valence-electron chi connectivity index (χ4n) is 2.18. The van der Waals surface area contributed by atoms with Gasteiger partial charge in [0.25, 0.3) is 0 Å². The molecule has 1 aliphatic heterocycles. The third-order valence-electron chi connectivity index (χ3n) is 3.06. The zero-order chi connectivity index (χ0) is 13.8. The number of fused-ring (bicyclic) bond motifs is 1. The Morgan fingerprint density at radius 3 is 2.84 bits per heavy atom. The fourth-order valence-corrected chi connectivity index (χ4v) is 2.46. The van der Waals surface area contributed by atoms with Crippen molar-refractivity contribution in [3.05, 3.63) is 22.7 Å². The molecule has 0 fully saturated rings. The SMILES string of the molecule is CC(C)CC(CO)NCc1cc(Cl)c2c(c1)OCO2. The molecule has 0 saturated heterocycles. The van der Waals surface area contributed by atoms with Gasteiger partial charge in [-0.25, -0.2) is 0 Å². The molecule has 2 rings (SSSR count). The normalized spacial score (nSPS) is 15.0. The molecule has 0 radical (unpaired) electrons. The largest absolute Gasteiger partial charge is 0.454 e. The van der Waals surface area contributed by atoms with E-state index in [9.17, 15) is 5.11 Å². The fraction of sp³-hybridized carbons (Fsp3) is 0.571. The first-order chi connectivity index (χ1) is 9.10. The van der Waals surface area contributed by atoms with E-state index in [4.69, 9.17) is 21.1 Å². The number of ether oxygens (including phenoxy) is 2. The molecule has 1 aliphatic rings. The van der Waals surface area contributed by atoms with Gasteiger partial charge in [-0.1, -0.05) is 25.4 Å². The van der Waals surface area contributed by atoms with E-state index in [1.807, 2.05) is 12.1 Å². The smallest absolute Gasteiger partial charge is 0.231 e. The van der Waals surface area contributed by atoms with Crippen LogP contribution < -0.4 is 14.8 Å². The van der Waals surface area contributed by atoms with Crippen LogP contribution in [-0.4, -0.2) is 24.5 Å². The lowest BCUT2D eigenvalue weighted by Gasteiger charge is -2.18. The van der Waals surface area contributed by atoms with Gasteiger partial charge in [0.1, 0.15) is 0 Å². The quantitative estimate of drug-likeness (QED) is 0.843. The standard InChI is InChI=1S/C14H20ClNO3/c1-9(2)3-11(7-17)16-6-10-4-12(15)14-13(5-10)18-8-19-14/h4-5,9,11,16-17H,3,6-8H2,1-2H3. The van der Waals surface area contributed by atoms with Gasteiger partial charge in [0.05, 0.1) is 11.6 Å². The van der Waals surface area contributed by atoms with Gasteiger partial charge in [-0.3, -0.25) is 0 Å².